The summed E-state index contributed by atoms with van der Waals surface area (Å²) in [4.78, 5) is 2.36. The highest BCUT2D eigenvalue weighted by atomic mass is 16.3. The van der Waals surface area contributed by atoms with Crippen LogP contribution in [0.25, 0.3) is 76.9 Å². The van der Waals surface area contributed by atoms with Crippen molar-refractivity contribution < 1.29 is 8.83 Å². The van der Waals surface area contributed by atoms with Gasteiger partial charge in [0.15, 0.2) is 0 Å². The van der Waals surface area contributed by atoms with Crippen LogP contribution in [0.4, 0.5) is 17.1 Å². The van der Waals surface area contributed by atoms with Crippen molar-refractivity contribution in [2.75, 3.05) is 4.90 Å². The molecule has 0 bridgehead atoms. The highest BCUT2D eigenvalue weighted by Gasteiger charge is 2.21. The number of rotatable bonds is 5. The van der Waals surface area contributed by atoms with Gasteiger partial charge in [-0.15, -0.1) is 0 Å². The van der Waals surface area contributed by atoms with Gasteiger partial charge in [-0.3, -0.25) is 0 Å². The first kappa shape index (κ1) is 27.5. The highest BCUT2D eigenvalue weighted by molar-refractivity contribution is 6.14. The molecule has 0 atom stereocenters. The second-order valence-corrected chi connectivity index (χ2v) is 12.5. The van der Waals surface area contributed by atoms with E-state index in [9.17, 15) is 0 Å². The largest absolute Gasteiger partial charge is 0.456 e. The zero-order valence-corrected chi connectivity index (χ0v) is 26.5. The summed E-state index contributed by atoms with van der Waals surface area (Å²) in [5, 5.41) is 6.88. The molecule has 0 saturated carbocycles. The van der Waals surface area contributed by atoms with E-state index in [0.717, 1.165) is 77.6 Å². The summed E-state index contributed by atoms with van der Waals surface area (Å²) in [6.07, 6.45) is 0. The third-order valence-electron chi connectivity index (χ3n) is 9.63. The van der Waals surface area contributed by atoms with Gasteiger partial charge in [0.25, 0.3) is 0 Å². The monoisotopic (exact) mass is 627 g/mol. The molecule has 3 heteroatoms. The van der Waals surface area contributed by atoms with Gasteiger partial charge in [-0.05, 0) is 82.1 Å². The molecule has 10 aromatic rings. The van der Waals surface area contributed by atoms with Gasteiger partial charge >= 0.3 is 0 Å². The van der Waals surface area contributed by atoms with Crippen molar-refractivity contribution in [1.29, 1.82) is 0 Å². The second-order valence-electron chi connectivity index (χ2n) is 12.5. The number of anilines is 3. The van der Waals surface area contributed by atoms with Gasteiger partial charge in [0.1, 0.15) is 22.3 Å². The van der Waals surface area contributed by atoms with E-state index in [1.807, 2.05) is 24.3 Å². The molecule has 2 heterocycles. The molecule has 0 N–H and O–H groups in total. The Morgan fingerprint density at radius 1 is 0.367 bits per heavy atom. The lowest BCUT2D eigenvalue weighted by Crippen LogP contribution is -2.10. The molecule has 49 heavy (non-hydrogen) atoms. The van der Waals surface area contributed by atoms with Crippen LogP contribution in [0.2, 0.25) is 0 Å². The summed E-state index contributed by atoms with van der Waals surface area (Å²) in [5.41, 5.74) is 11.2. The van der Waals surface area contributed by atoms with E-state index in [0.29, 0.717) is 0 Å². The van der Waals surface area contributed by atoms with Crippen molar-refractivity contribution in [2.24, 2.45) is 0 Å². The molecule has 0 spiro atoms. The summed E-state index contributed by atoms with van der Waals surface area (Å²) in [6, 6.07) is 62.1. The van der Waals surface area contributed by atoms with Gasteiger partial charge in [-0.25, -0.2) is 0 Å². The zero-order valence-electron chi connectivity index (χ0n) is 26.5. The molecule has 0 aliphatic rings. The standard InChI is InChI=1S/C46H29NO2/c1-2-12-31-27-33(26-25-30(31)11-1)32-13-7-15-35(28-32)47(41-21-10-24-44-45(41)40-18-4-6-23-43(40)48-44)36-16-8-14-34(29-36)37-19-9-20-39-38-17-3-5-22-42(38)49-46(37)39/h1-29H. The number of hydrogen-bond acceptors (Lipinski definition) is 3. The zero-order chi connectivity index (χ0) is 32.3. The van der Waals surface area contributed by atoms with Crippen molar-refractivity contribution in [3.63, 3.8) is 0 Å². The smallest absolute Gasteiger partial charge is 0.143 e. The summed E-state index contributed by atoms with van der Waals surface area (Å²) in [5.74, 6) is 0. The number of furan rings is 2. The van der Waals surface area contributed by atoms with Crippen LogP contribution in [0.15, 0.2) is 185 Å². The first-order valence-corrected chi connectivity index (χ1v) is 16.6. The molecule has 3 nitrogen and oxygen atoms in total. The summed E-state index contributed by atoms with van der Waals surface area (Å²) in [6.45, 7) is 0. The number of nitrogens with zero attached hydrogens (tertiary/aromatic N) is 1. The number of para-hydroxylation sites is 3. The maximum Gasteiger partial charge on any atom is 0.143 e. The van der Waals surface area contributed by atoms with Crippen molar-refractivity contribution >= 4 is 71.7 Å². The van der Waals surface area contributed by atoms with Crippen molar-refractivity contribution in [3.05, 3.63) is 176 Å². The molecule has 0 aliphatic heterocycles. The Labute approximate surface area is 282 Å². The van der Waals surface area contributed by atoms with Gasteiger partial charge in [-0.1, -0.05) is 121 Å². The van der Waals surface area contributed by atoms with Crippen LogP contribution in [-0.4, -0.2) is 0 Å². The molecule has 0 aliphatic carbocycles. The maximum absolute atomic E-state index is 6.47. The van der Waals surface area contributed by atoms with Crippen LogP contribution in [0, 0.1) is 0 Å². The van der Waals surface area contributed by atoms with Crippen molar-refractivity contribution in [2.45, 2.75) is 0 Å². The molecule has 0 saturated heterocycles. The Morgan fingerprint density at radius 2 is 0.980 bits per heavy atom. The quantitative estimate of drug-likeness (QED) is 0.190. The van der Waals surface area contributed by atoms with E-state index in [1.165, 1.54) is 16.3 Å². The number of fused-ring (bicyclic) bond motifs is 7. The second kappa shape index (κ2) is 11.0. The van der Waals surface area contributed by atoms with E-state index in [2.05, 4.69) is 157 Å². The lowest BCUT2D eigenvalue weighted by Gasteiger charge is -2.27. The number of hydrogen-bond donors (Lipinski definition) is 0. The van der Waals surface area contributed by atoms with Gasteiger partial charge in [0, 0.05) is 33.1 Å². The molecule has 8 aromatic carbocycles. The first-order chi connectivity index (χ1) is 24.3. The van der Waals surface area contributed by atoms with Crippen LogP contribution in [0.3, 0.4) is 0 Å². The van der Waals surface area contributed by atoms with Crippen LogP contribution in [-0.2, 0) is 0 Å². The van der Waals surface area contributed by atoms with Crippen LogP contribution in [0.5, 0.6) is 0 Å². The molecule has 2 aromatic heterocycles. The van der Waals surface area contributed by atoms with Gasteiger partial charge < -0.3 is 13.7 Å². The average molecular weight is 628 g/mol. The lowest BCUT2D eigenvalue weighted by molar-refractivity contribution is 0.669. The Hall–Kier alpha value is -6.58. The molecule has 0 amide bonds. The maximum atomic E-state index is 6.47. The fraction of sp³-hybridized carbons (Fsp3) is 0. The minimum atomic E-state index is 0.859. The third-order valence-corrected chi connectivity index (χ3v) is 9.63. The lowest BCUT2D eigenvalue weighted by atomic mass is 9.99. The Morgan fingerprint density at radius 3 is 1.84 bits per heavy atom. The van der Waals surface area contributed by atoms with Gasteiger partial charge in [-0.2, -0.15) is 0 Å². The van der Waals surface area contributed by atoms with Crippen LogP contribution in [0.1, 0.15) is 0 Å². The molecular weight excluding hydrogens is 599 g/mol. The van der Waals surface area contributed by atoms with Crippen molar-refractivity contribution in [3.8, 4) is 22.3 Å². The first-order valence-electron chi connectivity index (χ1n) is 16.6. The molecule has 0 radical (unpaired) electrons. The fourth-order valence-corrected chi connectivity index (χ4v) is 7.35. The molecule has 10 rings (SSSR count). The number of benzene rings is 8. The fourth-order valence-electron chi connectivity index (χ4n) is 7.35. The summed E-state index contributed by atoms with van der Waals surface area (Å²) < 4.78 is 12.9. The molecule has 0 fully saturated rings. The van der Waals surface area contributed by atoms with Gasteiger partial charge in [0.2, 0.25) is 0 Å². The summed E-state index contributed by atoms with van der Waals surface area (Å²) in [7, 11) is 0. The predicted molar refractivity (Wildman–Crippen MR) is 204 cm³/mol. The SMILES string of the molecule is c1cc(-c2ccc3ccccc3c2)cc(N(c2cccc(-c3cccc4c3oc3ccccc34)c2)c2cccc3oc4ccccc4c23)c1. The van der Waals surface area contributed by atoms with Crippen LogP contribution < -0.4 is 4.90 Å². The van der Waals surface area contributed by atoms with Crippen molar-refractivity contribution in [1.82, 2.24) is 0 Å². The third kappa shape index (κ3) is 4.51. The minimum absolute atomic E-state index is 0.859. The predicted octanol–water partition coefficient (Wildman–Crippen LogP) is 13.4. The van der Waals surface area contributed by atoms with E-state index >= 15 is 0 Å². The van der Waals surface area contributed by atoms with Crippen LogP contribution >= 0.6 is 0 Å². The van der Waals surface area contributed by atoms with E-state index < -0.39 is 0 Å². The van der Waals surface area contributed by atoms with E-state index in [1.54, 1.807) is 0 Å². The minimum Gasteiger partial charge on any atom is -0.456 e. The Kier molecular flexibility index (Phi) is 6.18. The molecular formula is C46H29NO2. The highest BCUT2D eigenvalue weighted by Crippen LogP contribution is 2.45. The normalized spacial score (nSPS) is 11.7. The van der Waals surface area contributed by atoms with E-state index in [-0.39, 0.29) is 0 Å². The van der Waals surface area contributed by atoms with E-state index in [4.69, 9.17) is 8.83 Å². The summed E-state index contributed by atoms with van der Waals surface area (Å²) >= 11 is 0. The average Bonchev–Trinajstić information content (AvgIpc) is 3.74. The topological polar surface area (TPSA) is 29.5 Å². The van der Waals surface area contributed by atoms with Gasteiger partial charge in [0.05, 0.1) is 11.1 Å². The molecule has 0 unspecified atom stereocenters. The Bertz CT molecular complexity index is 2860. The molecule has 230 valence electrons. The Balaban J connectivity index is 1.20.